The van der Waals surface area contributed by atoms with Gasteiger partial charge in [-0.1, -0.05) is 48.5 Å². The molecule has 0 spiro atoms. The van der Waals surface area contributed by atoms with Gasteiger partial charge in [-0.05, 0) is 121 Å². The van der Waals surface area contributed by atoms with Gasteiger partial charge in [-0.25, -0.2) is 9.97 Å². The van der Waals surface area contributed by atoms with Crippen molar-refractivity contribution in [2.24, 2.45) is 0 Å². The zero-order valence-corrected chi connectivity index (χ0v) is 28.5. The fourth-order valence-corrected chi connectivity index (χ4v) is 6.99. The first-order valence-corrected chi connectivity index (χ1v) is 15.7. The summed E-state index contributed by atoms with van der Waals surface area (Å²) in [5.74, 6) is 0. The standard InChI is InChI=1S/C36H46N4.Pt/c1-9-22-17-23-18-30-24(10-2)25(11-3)31(37-30)19-32-26(12-4)27(13-5)33(38-32)20-34-28(14-6)29(15-7)35(39-34)21-36(22)40(23)16-8;/h17-21,37H,9-16H2,1-8H3;. The van der Waals surface area contributed by atoms with E-state index in [1.807, 2.05) is 0 Å². The SMILES string of the molecule is CCC1=C(CC)c2cc3[nH]c(cc4cc(CC)c(cc5nc(cc1n2)C(CC)=C5CC)n4CC)c(CC)c3CC.[Pt]. The molecule has 0 unspecified atom stereocenters. The first-order valence-electron chi connectivity index (χ1n) is 15.7. The van der Waals surface area contributed by atoms with Crippen LogP contribution < -0.4 is 0 Å². The van der Waals surface area contributed by atoms with Crippen LogP contribution in [0.5, 0.6) is 0 Å². The molecule has 5 heteroatoms. The molecule has 4 nitrogen and oxygen atoms in total. The topological polar surface area (TPSA) is 46.5 Å². The smallest absolute Gasteiger partial charge is 0.0694 e. The van der Waals surface area contributed by atoms with Crippen LogP contribution in [0.2, 0.25) is 0 Å². The van der Waals surface area contributed by atoms with Crippen LogP contribution in [0.15, 0.2) is 30.3 Å². The molecule has 0 atom stereocenters. The Labute approximate surface area is 260 Å². The Morgan fingerprint density at radius 2 is 1.00 bits per heavy atom. The van der Waals surface area contributed by atoms with Gasteiger partial charge in [-0.3, -0.25) is 0 Å². The molecule has 1 N–H and O–H groups in total. The van der Waals surface area contributed by atoms with Crippen molar-refractivity contribution in [2.45, 2.75) is 107 Å². The molecule has 3 aromatic heterocycles. The van der Waals surface area contributed by atoms with Gasteiger partial charge in [0.25, 0.3) is 0 Å². The van der Waals surface area contributed by atoms with E-state index in [9.17, 15) is 0 Å². The van der Waals surface area contributed by atoms with E-state index < -0.39 is 0 Å². The number of hydrogen-bond donors (Lipinski definition) is 1. The number of hydrogen-bond acceptors (Lipinski definition) is 2. The Hall–Kier alpha value is -2.71. The third-order valence-corrected chi connectivity index (χ3v) is 8.92. The fourth-order valence-electron chi connectivity index (χ4n) is 6.99. The van der Waals surface area contributed by atoms with E-state index in [1.54, 1.807) is 0 Å². The minimum atomic E-state index is 0. The number of H-pyrrole nitrogens is 1. The average molecular weight is 730 g/mol. The van der Waals surface area contributed by atoms with Crippen LogP contribution >= 0.6 is 0 Å². The number of fused-ring (bicyclic) bond motifs is 8. The molecule has 8 bridgehead atoms. The zero-order chi connectivity index (χ0) is 28.6. The van der Waals surface area contributed by atoms with Crippen molar-refractivity contribution in [1.82, 2.24) is 19.5 Å². The summed E-state index contributed by atoms with van der Waals surface area (Å²) >= 11 is 0. The second-order valence-corrected chi connectivity index (χ2v) is 10.9. The number of aryl methyl sites for hydroxylation is 4. The largest absolute Gasteiger partial charge is 0.355 e. The van der Waals surface area contributed by atoms with Crippen molar-refractivity contribution in [3.63, 3.8) is 0 Å². The number of allylic oxidation sites excluding steroid dienone is 4. The second-order valence-electron chi connectivity index (χ2n) is 10.9. The van der Waals surface area contributed by atoms with Gasteiger partial charge in [0.15, 0.2) is 0 Å². The monoisotopic (exact) mass is 729 g/mol. The maximum atomic E-state index is 5.31. The van der Waals surface area contributed by atoms with Gasteiger partial charge in [0.1, 0.15) is 0 Å². The first-order chi connectivity index (χ1) is 19.5. The molecule has 0 saturated carbocycles. The molecule has 0 aromatic carbocycles. The fraction of sp³-hybridized carbons (Fsp3) is 0.444. The van der Waals surface area contributed by atoms with Gasteiger partial charge >= 0.3 is 0 Å². The summed E-state index contributed by atoms with van der Waals surface area (Å²) in [7, 11) is 0. The van der Waals surface area contributed by atoms with E-state index >= 15 is 0 Å². The van der Waals surface area contributed by atoms with Crippen molar-refractivity contribution in [2.75, 3.05) is 0 Å². The first kappa shape index (κ1) is 31.2. The van der Waals surface area contributed by atoms with Crippen LogP contribution in [-0.4, -0.2) is 19.5 Å². The van der Waals surface area contributed by atoms with Crippen molar-refractivity contribution >= 4 is 44.4 Å². The molecule has 0 fully saturated rings. The molecular weight excluding hydrogens is 684 g/mol. The van der Waals surface area contributed by atoms with Crippen LogP contribution in [0.1, 0.15) is 121 Å². The van der Waals surface area contributed by atoms with Gasteiger partial charge in [0.2, 0.25) is 0 Å². The molecule has 41 heavy (non-hydrogen) atoms. The second kappa shape index (κ2) is 13.1. The zero-order valence-electron chi connectivity index (χ0n) is 26.2. The van der Waals surface area contributed by atoms with Crippen molar-refractivity contribution in [1.29, 1.82) is 0 Å². The number of nitrogens with one attached hydrogen (secondary N) is 1. The average Bonchev–Trinajstić information content (AvgIpc) is 3.68. The number of aromatic amines is 1. The van der Waals surface area contributed by atoms with Crippen molar-refractivity contribution in [3.05, 3.63) is 69.8 Å². The maximum absolute atomic E-state index is 5.31. The predicted octanol–water partition coefficient (Wildman–Crippen LogP) is 9.95. The van der Waals surface area contributed by atoms with E-state index in [0.717, 1.165) is 74.3 Å². The summed E-state index contributed by atoms with van der Waals surface area (Å²) in [6, 6.07) is 11.7. The quantitative estimate of drug-likeness (QED) is 0.251. The van der Waals surface area contributed by atoms with E-state index in [-0.39, 0.29) is 21.1 Å². The van der Waals surface area contributed by atoms with E-state index in [0.29, 0.717) is 0 Å². The van der Waals surface area contributed by atoms with Crippen LogP contribution in [0.4, 0.5) is 0 Å². The minimum absolute atomic E-state index is 0. The van der Waals surface area contributed by atoms with Crippen LogP contribution in [-0.2, 0) is 46.9 Å². The minimum Gasteiger partial charge on any atom is -0.355 e. The Kier molecular flexibility index (Phi) is 9.96. The van der Waals surface area contributed by atoms with Crippen LogP contribution in [0.3, 0.4) is 0 Å². The summed E-state index contributed by atoms with van der Waals surface area (Å²) in [5.41, 5.74) is 19.0. The number of aromatic nitrogens is 4. The Balaban J connectivity index is 0.00000387. The Morgan fingerprint density at radius 3 is 1.44 bits per heavy atom. The summed E-state index contributed by atoms with van der Waals surface area (Å²) in [4.78, 5) is 14.4. The van der Waals surface area contributed by atoms with E-state index in [4.69, 9.17) is 9.97 Å². The summed E-state index contributed by atoms with van der Waals surface area (Å²) in [6.07, 6.45) is 6.87. The van der Waals surface area contributed by atoms with Gasteiger partial charge in [0, 0.05) is 49.7 Å². The third kappa shape index (κ3) is 5.34. The number of rotatable bonds is 8. The molecule has 0 amide bonds. The molecule has 2 aliphatic heterocycles. The number of nitrogens with zero attached hydrogens (tertiary/aromatic N) is 3. The normalized spacial score (nSPS) is 13.3. The van der Waals surface area contributed by atoms with E-state index in [2.05, 4.69) is 95.3 Å². The van der Waals surface area contributed by atoms with Gasteiger partial charge in [0.05, 0.1) is 22.8 Å². The third-order valence-electron chi connectivity index (χ3n) is 8.92. The molecular formula is C36H46N4Pt. The van der Waals surface area contributed by atoms with Gasteiger partial charge < -0.3 is 9.55 Å². The van der Waals surface area contributed by atoms with Gasteiger partial charge in [-0.2, -0.15) is 0 Å². The Morgan fingerprint density at radius 1 is 0.537 bits per heavy atom. The Bertz CT molecular complexity index is 1680. The van der Waals surface area contributed by atoms with Crippen molar-refractivity contribution in [3.8, 4) is 0 Å². The summed E-state index contributed by atoms with van der Waals surface area (Å²) in [5, 5.41) is 0. The molecule has 220 valence electrons. The maximum Gasteiger partial charge on any atom is 0.0694 e. The summed E-state index contributed by atoms with van der Waals surface area (Å²) < 4.78 is 2.47. The molecule has 3 aromatic rings. The van der Waals surface area contributed by atoms with Crippen LogP contribution in [0.25, 0.3) is 44.4 Å². The van der Waals surface area contributed by atoms with Crippen molar-refractivity contribution < 1.29 is 21.1 Å². The van der Waals surface area contributed by atoms with Gasteiger partial charge in [-0.15, -0.1) is 0 Å². The molecule has 5 rings (SSSR count). The molecule has 0 radical (unpaired) electrons. The predicted molar refractivity (Wildman–Crippen MR) is 173 cm³/mol. The molecule has 2 aliphatic rings. The molecule has 0 saturated heterocycles. The molecule has 0 aliphatic carbocycles. The van der Waals surface area contributed by atoms with E-state index in [1.165, 1.54) is 61.0 Å². The van der Waals surface area contributed by atoms with Crippen LogP contribution in [0, 0.1) is 0 Å². The molecule has 5 heterocycles. The summed E-state index contributed by atoms with van der Waals surface area (Å²) in [6.45, 7) is 19.0.